The molecule has 5 heteroatoms. The summed E-state index contributed by atoms with van der Waals surface area (Å²) in [5.74, 6) is -0.788. The van der Waals surface area contributed by atoms with Gasteiger partial charge in [-0.1, -0.05) is 12.1 Å². The molecule has 0 amide bonds. The molecule has 2 rings (SSSR count). The minimum atomic E-state index is -0.450. The largest absolute Gasteiger partial charge is 0.506 e. The van der Waals surface area contributed by atoms with Gasteiger partial charge in [-0.05, 0) is 35.4 Å². The van der Waals surface area contributed by atoms with Crippen LogP contribution in [-0.2, 0) is 4.74 Å². The highest BCUT2D eigenvalue weighted by atomic mass is 16.5. The first-order valence-corrected chi connectivity index (χ1v) is 6.06. The fourth-order valence-electron chi connectivity index (χ4n) is 1.94. The van der Waals surface area contributed by atoms with Gasteiger partial charge in [0.15, 0.2) is 12.6 Å². The zero-order chi connectivity index (χ0) is 15.4. The molecule has 0 fully saturated rings. The van der Waals surface area contributed by atoms with Gasteiger partial charge in [-0.2, -0.15) is 0 Å². The number of hydrogen-bond donors (Lipinski definition) is 1. The van der Waals surface area contributed by atoms with Gasteiger partial charge < -0.3 is 9.84 Å². The van der Waals surface area contributed by atoms with Crippen LogP contribution in [0.15, 0.2) is 36.4 Å². The van der Waals surface area contributed by atoms with Crippen molar-refractivity contribution in [3.63, 3.8) is 0 Å². The number of hydrogen-bond acceptors (Lipinski definition) is 5. The first-order valence-electron chi connectivity index (χ1n) is 6.06. The second kappa shape index (κ2) is 6.00. The molecular weight excluding hydrogens is 272 g/mol. The van der Waals surface area contributed by atoms with Crippen LogP contribution < -0.4 is 0 Å². The van der Waals surface area contributed by atoms with E-state index in [0.717, 1.165) is 0 Å². The topological polar surface area (TPSA) is 80.7 Å². The van der Waals surface area contributed by atoms with E-state index in [2.05, 4.69) is 4.74 Å². The minimum absolute atomic E-state index is 0.0339. The highest BCUT2D eigenvalue weighted by Gasteiger charge is 2.11. The quantitative estimate of drug-likeness (QED) is 0.689. The Kier molecular flexibility index (Phi) is 4.13. The second-order valence-electron chi connectivity index (χ2n) is 4.31. The lowest BCUT2D eigenvalue weighted by Crippen LogP contribution is -2.00. The summed E-state index contributed by atoms with van der Waals surface area (Å²) >= 11 is 0. The lowest BCUT2D eigenvalue weighted by Gasteiger charge is -2.07. The van der Waals surface area contributed by atoms with Gasteiger partial charge in [0.2, 0.25) is 0 Å². The van der Waals surface area contributed by atoms with E-state index in [0.29, 0.717) is 29.3 Å². The normalized spacial score (nSPS) is 9.95. The number of rotatable bonds is 4. The van der Waals surface area contributed by atoms with Crippen LogP contribution in [0.1, 0.15) is 31.1 Å². The summed E-state index contributed by atoms with van der Waals surface area (Å²) in [5, 5.41) is 9.69. The molecule has 0 aliphatic carbocycles. The maximum Gasteiger partial charge on any atom is 0.337 e. The Hall–Kier alpha value is -2.95. The van der Waals surface area contributed by atoms with E-state index in [1.807, 2.05) is 0 Å². The molecular formula is C16H12O5. The third-order valence-electron chi connectivity index (χ3n) is 3.06. The van der Waals surface area contributed by atoms with Crippen LogP contribution in [0.25, 0.3) is 11.1 Å². The Morgan fingerprint density at radius 2 is 1.52 bits per heavy atom. The maximum absolute atomic E-state index is 11.4. The Morgan fingerprint density at radius 3 is 1.95 bits per heavy atom. The van der Waals surface area contributed by atoms with Gasteiger partial charge >= 0.3 is 5.97 Å². The molecule has 0 aliphatic heterocycles. The first kappa shape index (κ1) is 14.5. The molecule has 0 spiro atoms. The van der Waals surface area contributed by atoms with Gasteiger partial charge in [0, 0.05) is 0 Å². The van der Waals surface area contributed by atoms with Gasteiger partial charge in [-0.25, -0.2) is 4.79 Å². The smallest absolute Gasteiger partial charge is 0.337 e. The average molecular weight is 284 g/mol. The maximum atomic E-state index is 11.4. The summed E-state index contributed by atoms with van der Waals surface area (Å²) in [7, 11) is 1.29. The molecule has 0 aromatic heterocycles. The van der Waals surface area contributed by atoms with E-state index in [-0.39, 0.29) is 16.9 Å². The Labute approximate surface area is 120 Å². The molecule has 2 aromatic carbocycles. The standard InChI is InChI=1S/C16H12O5/c1-21-16(20)11-4-2-10(3-5-11)12-6-13(8-17)15(19)14(7-12)9-18/h2-9,19H,1H3. The number of methoxy groups -OCH3 is 1. The fourth-order valence-corrected chi connectivity index (χ4v) is 1.94. The van der Waals surface area contributed by atoms with Crippen LogP contribution in [0.5, 0.6) is 5.75 Å². The Morgan fingerprint density at radius 1 is 1.00 bits per heavy atom. The molecule has 2 aromatic rings. The predicted octanol–water partition coefficient (Wildman–Crippen LogP) is 2.47. The molecule has 0 radical (unpaired) electrons. The van der Waals surface area contributed by atoms with E-state index in [1.54, 1.807) is 24.3 Å². The van der Waals surface area contributed by atoms with E-state index in [4.69, 9.17) is 0 Å². The van der Waals surface area contributed by atoms with E-state index in [1.165, 1.54) is 19.2 Å². The van der Waals surface area contributed by atoms with Gasteiger partial charge in [0.1, 0.15) is 5.75 Å². The van der Waals surface area contributed by atoms with Crippen molar-refractivity contribution in [3.05, 3.63) is 53.1 Å². The highest BCUT2D eigenvalue weighted by molar-refractivity contribution is 5.92. The number of phenols is 1. The van der Waals surface area contributed by atoms with Crippen LogP contribution in [-0.4, -0.2) is 30.8 Å². The van der Waals surface area contributed by atoms with Crippen molar-refractivity contribution in [2.45, 2.75) is 0 Å². The number of carbonyl (C=O) groups excluding carboxylic acids is 3. The van der Waals surface area contributed by atoms with Gasteiger partial charge in [-0.15, -0.1) is 0 Å². The van der Waals surface area contributed by atoms with E-state index < -0.39 is 5.97 Å². The zero-order valence-electron chi connectivity index (χ0n) is 11.2. The minimum Gasteiger partial charge on any atom is -0.506 e. The number of benzene rings is 2. The lowest BCUT2D eigenvalue weighted by molar-refractivity contribution is 0.0600. The summed E-state index contributed by atoms with van der Waals surface area (Å²) < 4.78 is 4.61. The summed E-state index contributed by atoms with van der Waals surface area (Å²) in [4.78, 5) is 33.2. The molecule has 1 N–H and O–H groups in total. The number of aromatic hydroxyl groups is 1. The molecule has 106 valence electrons. The SMILES string of the molecule is COC(=O)c1ccc(-c2cc(C=O)c(O)c(C=O)c2)cc1. The van der Waals surface area contributed by atoms with Gasteiger partial charge in [-0.3, -0.25) is 9.59 Å². The summed E-state index contributed by atoms with van der Waals surface area (Å²) in [6.45, 7) is 0. The van der Waals surface area contributed by atoms with Crippen LogP contribution in [0.3, 0.4) is 0 Å². The number of carbonyl (C=O) groups is 3. The van der Waals surface area contributed by atoms with Crippen LogP contribution in [0.4, 0.5) is 0 Å². The highest BCUT2D eigenvalue weighted by Crippen LogP contribution is 2.28. The lowest BCUT2D eigenvalue weighted by atomic mass is 9.98. The third-order valence-corrected chi connectivity index (χ3v) is 3.06. The molecule has 5 nitrogen and oxygen atoms in total. The van der Waals surface area contributed by atoms with Crippen LogP contribution >= 0.6 is 0 Å². The molecule has 0 unspecified atom stereocenters. The fraction of sp³-hybridized carbons (Fsp3) is 0.0625. The van der Waals surface area contributed by atoms with E-state index in [9.17, 15) is 19.5 Å². The van der Waals surface area contributed by atoms with Crippen molar-refractivity contribution < 1.29 is 24.2 Å². The van der Waals surface area contributed by atoms with Crippen molar-refractivity contribution in [1.82, 2.24) is 0 Å². The predicted molar refractivity (Wildman–Crippen MR) is 75.7 cm³/mol. The molecule has 0 saturated heterocycles. The van der Waals surface area contributed by atoms with Gasteiger partial charge in [0.25, 0.3) is 0 Å². The molecule has 0 atom stereocenters. The molecule has 0 aliphatic rings. The van der Waals surface area contributed by atoms with Crippen molar-refractivity contribution in [2.24, 2.45) is 0 Å². The molecule has 0 saturated carbocycles. The molecule has 0 bridgehead atoms. The van der Waals surface area contributed by atoms with Crippen molar-refractivity contribution in [3.8, 4) is 16.9 Å². The van der Waals surface area contributed by atoms with Gasteiger partial charge in [0.05, 0.1) is 23.8 Å². The summed E-state index contributed by atoms with van der Waals surface area (Å²) in [5.41, 5.74) is 1.76. The first-order chi connectivity index (χ1) is 10.1. The van der Waals surface area contributed by atoms with Crippen molar-refractivity contribution >= 4 is 18.5 Å². The second-order valence-corrected chi connectivity index (χ2v) is 4.31. The molecule has 21 heavy (non-hydrogen) atoms. The average Bonchev–Trinajstić information content (AvgIpc) is 2.54. The number of aldehydes is 2. The van der Waals surface area contributed by atoms with Crippen LogP contribution in [0, 0.1) is 0 Å². The number of phenolic OH excluding ortho intramolecular Hbond substituents is 1. The Bertz CT molecular complexity index is 672. The van der Waals surface area contributed by atoms with Crippen molar-refractivity contribution in [2.75, 3.05) is 7.11 Å². The van der Waals surface area contributed by atoms with Crippen LogP contribution in [0.2, 0.25) is 0 Å². The monoisotopic (exact) mass is 284 g/mol. The zero-order valence-corrected chi connectivity index (χ0v) is 11.2. The third kappa shape index (κ3) is 2.81. The van der Waals surface area contributed by atoms with Crippen molar-refractivity contribution in [1.29, 1.82) is 0 Å². The number of ether oxygens (including phenoxy) is 1. The summed E-state index contributed by atoms with van der Waals surface area (Å²) in [6.07, 6.45) is 0.962. The van der Waals surface area contributed by atoms with E-state index >= 15 is 0 Å². The number of esters is 1. The molecule has 0 heterocycles. The summed E-state index contributed by atoms with van der Waals surface area (Å²) in [6, 6.07) is 9.44. The Balaban J connectivity index is 2.49.